The molecule has 0 aromatic rings. The molecular formula is C8H8N2O7. The largest absolute Gasteiger partial charge is 0.480 e. The predicted molar refractivity (Wildman–Crippen MR) is 48.7 cm³/mol. The quantitative estimate of drug-likeness (QED) is 0.565. The van der Waals surface area contributed by atoms with Gasteiger partial charge >= 0.3 is 18.0 Å². The molecule has 92 valence electrons. The number of carbonyl (C=O) groups excluding carboxylic acids is 3. The van der Waals surface area contributed by atoms with Gasteiger partial charge in [-0.2, -0.15) is 0 Å². The molecule has 9 heteroatoms. The van der Waals surface area contributed by atoms with Crippen LogP contribution in [0.4, 0.5) is 4.79 Å². The van der Waals surface area contributed by atoms with E-state index in [-0.39, 0.29) is 0 Å². The Labute approximate surface area is 94.2 Å². The van der Waals surface area contributed by atoms with Crippen molar-refractivity contribution >= 4 is 29.8 Å². The Morgan fingerprint density at radius 1 is 0.941 bits per heavy atom. The number of urea groups is 1. The van der Waals surface area contributed by atoms with Gasteiger partial charge in [0.25, 0.3) is 0 Å². The van der Waals surface area contributed by atoms with Gasteiger partial charge in [0.15, 0.2) is 0 Å². The average molecular weight is 244 g/mol. The van der Waals surface area contributed by atoms with Crippen LogP contribution in [0, 0.1) is 0 Å². The minimum atomic E-state index is -1.43. The number of rotatable bonds is 4. The van der Waals surface area contributed by atoms with Gasteiger partial charge in [-0.25, -0.2) is 4.79 Å². The third-order valence-electron chi connectivity index (χ3n) is 1.95. The molecule has 0 unspecified atom stereocenters. The zero-order valence-electron chi connectivity index (χ0n) is 8.45. The number of barbiturate groups is 1. The standard InChI is InChI=1S/C8H8N2O7/c11-4-1-5(12)10(3-7(15)16)8(17)9(4)2-6(13)14/h1-3H2,(H,13,14)(H,15,16). The second kappa shape index (κ2) is 4.60. The van der Waals surface area contributed by atoms with Crippen molar-refractivity contribution in [3.05, 3.63) is 0 Å². The Morgan fingerprint density at radius 2 is 1.29 bits per heavy atom. The molecule has 17 heavy (non-hydrogen) atoms. The molecule has 9 nitrogen and oxygen atoms in total. The molecule has 0 aromatic carbocycles. The Morgan fingerprint density at radius 3 is 1.59 bits per heavy atom. The smallest absolute Gasteiger partial charge is 0.334 e. The molecule has 0 aromatic heterocycles. The molecule has 1 aliphatic rings. The molecule has 1 fully saturated rings. The van der Waals surface area contributed by atoms with Crippen LogP contribution in [0.5, 0.6) is 0 Å². The fourth-order valence-electron chi connectivity index (χ4n) is 1.26. The number of aliphatic carboxylic acids is 2. The first kappa shape index (κ1) is 12.6. The maximum atomic E-state index is 11.5. The van der Waals surface area contributed by atoms with Crippen molar-refractivity contribution < 1.29 is 34.2 Å². The Bertz CT molecular complexity index is 380. The lowest BCUT2D eigenvalue weighted by molar-refractivity contribution is -0.151. The molecule has 1 saturated heterocycles. The summed E-state index contributed by atoms with van der Waals surface area (Å²) in [6.45, 7) is -1.80. The molecule has 0 bridgehead atoms. The van der Waals surface area contributed by atoms with Gasteiger partial charge in [0.05, 0.1) is 0 Å². The van der Waals surface area contributed by atoms with Crippen LogP contribution in [0.15, 0.2) is 0 Å². The lowest BCUT2D eigenvalue weighted by Crippen LogP contribution is -2.57. The predicted octanol–water partition coefficient (Wildman–Crippen LogP) is -1.66. The molecule has 0 spiro atoms. The minimum Gasteiger partial charge on any atom is -0.480 e. The summed E-state index contributed by atoms with van der Waals surface area (Å²) in [6, 6.07) is -1.23. The third kappa shape index (κ3) is 2.77. The van der Waals surface area contributed by atoms with Crippen molar-refractivity contribution in [2.45, 2.75) is 6.42 Å². The Kier molecular flexibility index (Phi) is 3.41. The SMILES string of the molecule is O=C(O)CN1C(=O)CC(=O)N(CC(=O)O)C1=O. The van der Waals surface area contributed by atoms with E-state index in [1.807, 2.05) is 0 Å². The third-order valence-corrected chi connectivity index (χ3v) is 1.95. The van der Waals surface area contributed by atoms with E-state index in [1.54, 1.807) is 0 Å². The highest BCUT2D eigenvalue weighted by Crippen LogP contribution is 2.11. The van der Waals surface area contributed by atoms with E-state index in [1.165, 1.54) is 0 Å². The van der Waals surface area contributed by atoms with Crippen LogP contribution in [0.3, 0.4) is 0 Å². The zero-order valence-corrected chi connectivity index (χ0v) is 8.45. The van der Waals surface area contributed by atoms with Crippen molar-refractivity contribution in [3.63, 3.8) is 0 Å². The van der Waals surface area contributed by atoms with Crippen molar-refractivity contribution in [2.24, 2.45) is 0 Å². The molecule has 0 aliphatic carbocycles. The maximum absolute atomic E-state index is 11.5. The van der Waals surface area contributed by atoms with Gasteiger partial charge in [-0.3, -0.25) is 29.0 Å². The van der Waals surface area contributed by atoms with E-state index in [4.69, 9.17) is 10.2 Å². The number of carboxylic acids is 2. The van der Waals surface area contributed by atoms with Gasteiger partial charge in [0.2, 0.25) is 11.8 Å². The lowest BCUT2D eigenvalue weighted by Gasteiger charge is -2.30. The summed E-state index contributed by atoms with van der Waals surface area (Å²) >= 11 is 0. The first-order valence-corrected chi connectivity index (χ1v) is 4.41. The number of imide groups is 2. The highest BCUT2D eigenvalue weighted by Gasteiger charge is 2.39. The normalized spacial score (nSPS) is 16.4. The summed E-state index contributed by atoms with van der Waals surface area (Å²) in [4.78, 5) is 55.4. The second-order valence-corrected chi connectivity index (χ2v) is 3.21. The van der Waals surface area contributed by atoms with E-state index in [9.17, 15) is 24.0 Å². The molecule has 0 radical (unpaired) electrons. The highest BCUT2D eigenvalue weighted by atomic mass is 16.4. The Balaban J connectivity index is 2.90. The van der Waals surface area contributed by atoms with Crippen LogP contribution >= 0.6 is 0 Å². The fourth-order valence-corrected chi connectivity index (χ4v) is 1.26. The fraction of sp³-hybridized carbons (Fsp3) is 0.375. The Hall–Kier alpha value is -2.45. The van der Waals surface area contributed by atoms with Crippen LogP contribution in [0.2, 0.25) is 0 Å². The topological polar surface area (TPSA) is 132 Å². The number of hydrogen-bond donors (Lipinski definition) is 2. The van der Waals surface area contributed by atoms with Crippen LogP contribution in [-0.4, -0.2) is 62.9 Å². The van der Waals surface area contributed by atoms with Crippen LogP contribution in [0.25, 0.3) is 0 Å². The van der Waals surface area contributed by atoms with Crippen LogP contribution < -0.4 is 0 Å². The van der Waals surface area contributed by atoms with Crippen molar-refractivity contribution in [1.82, 2.24) is 9.80 Å². The summed E-state index contributed by atoms with van der Waals surface area (Å²) in [6.07, 6.45) is -0.716. The number of hydrogen-bond acceptors (Lipinski definition) is 5. The molecule has 2 N–H and O–H groups in total. The number of nitrogens with zero attached hydrogens (tertiary/aromatic N) is 2. The van der Waals surface area contributed by atoms with E-state index in [0.29, 0.717) is 9.80 Å². The first-order valence-electron chi connectivity index (χ1n) is 4.41. The van der Waals surface area contributed by atoms with E-state index in [0.717, 1.165) is 0 Å². The first-order chi connectivity index (χ1) is 7.82. The van der Waals surface area contributed by atoms with Crippen molar-refractivity contribution in [3.8, 4) is 0 Å². The number of amides is 4. The summed E-state index contributed by atoms with van der Waals surface area (Å²) in [5.74, 6) is -4.78. The molecule has 0 saturated carbocycles. The minimum absolute atomic E-state index is 0.326. The van der Waals surface area contributed by atoms with Crippen LogP contribution in [0.1, 0.15) is 6.42 Å². The molecule has 0 atom stereocenters. The van der Waals surface area contributed by atoms with E-state index < -0.39 is 49.3 Å². The van der Waals surface area contributed by atoms with Gasteiger partial charge < -0.3 is 10.2 Å². The second-order valence-electron chi connectivity index (χ2n) is 3.21. The average Bonchev–Trinajstić information content (AvgIpc) is 2.18. The van der Waals surface area contributed by atoms with Gasteiger partial charge in [-0.15, -0.1) is 0 Å². The van der Waals surface area contributed by atoms with E-state index in [2.05, 4.69) is 0 Å². The number of carboxylic acid groups (broad SMARTS) is 2. The zero-order chi connectivity index (χ0) is 13.2. The molecule has 1 aliphatic heterocycles. The van der Waals surface area contributed by atoms with Crippen LogP contribution in [-0.2, 0) is 19.2 Å². The molecular weight excluding hydrogens is 236 g/mol. The van der Waals surface area contributed by atoms with E-state index >= 15 is 0 Å². The summed E-state index contributed by atoms with van der Waals surface area (Å²) in [5.41, 5.74) is 0. The number of carbonyl (C=O) groups is 5. The summed E-state index contributed by atoms with van der Waals surface area (Å²) in [5, 5.41) is 16.9. The monoisotopic (exact) mass is 244 g/mol. The van der Waals surface area contributed by atoms with Gasteiger partial charge in [-0.1, -0.05) is 0 Å². The summed E-state index contributed by atoms with van der Waals surface area (Å²) in [7, 11) is 0. The van der Waals surface area contributed by atoms with Gasteiger partial charge in [-0.05, 0) is 0 Å². The highest BCUT2D eigenvalue weighted by molar-refractivity contribution is 6.15. The van der Waals surface area contributed by atoms with Crippen molar-refractivity contribution in [2.75, 3.05) is 13.1 Å². The van der Waals surface area contributed by atoms with Crippen molar-refractivity contribution in [1.29, 1.82) is 0 Å². The van der Waals surface area contributed by atoms with Gasteiger partial charge in [0.1, 0.15) is 19.5 Å². The van der Waals surface area contributed by atoms with Gasteiger partial charge in [0, 0.05) is 0 Å². The molecule has 1 heterocycles. The lowest BCUT2D eigenvalue weighted by atomic mass is 10.2. The maximum Gasteiger partial charge on any atom is 0.334 e. The molecule has 1 rings (SSSR count). The molecule has 4 amide bonds. The summed E-state index contributed by atoms with van der Waals surface area (Å²) < 4.78 is 0.